The van der Waals surface area contributed by atoms with Crippen LogP contribution in [0, 0.1) is 6.92 Å². The summed E-state index contributed by atoms with van der Waals surface area (Å²) < 4.78 is 1.10. The fraction of sp³-hybridized carbons (Fsp3) is 0.188. The summed E-state index contributed by atoms with van der Waals surface area (Å²) in [6.07, 6.45) is 0. The number of aryl methyl sites for hydroxylation is 1. The van der Waals surface area contributed by atoms with Crippen molar-refractivity contribution in [3.63, 3.8) is 0 Å². The van der Waals surface area contributed by atoms with Crippen LogP contribution < -0.4 is 5.32 Å². The average molecular weight is 362 g/mol. The SMILES string of the molecule is Cc1ccc2nc(SCCNc3ccc(Br)cc3)[nH]c2c1. The monoisotopic (exact) mass is 361 g/mol. The van der Waals surface area contributed by atoms with Crippen molar-refractivity contribution in [2.75, 3.05) is 17.6 Å². The lowest BCUT2D eigenvalue weighted by atomic mass is 10.2. The number of imidazole rings is 1. The Kier molecular flexibility index (Phi) is 4.51. The molecule has 0 aliphatic heterocycles. The highest BCUT2D eigenvalue weighted by Gasteiger charge is 2.03. The Morgan fingerprint density at radius 3 is 2.81 bits per heavy atom. The van der Waals surface area contributed by atoms with Gasteiger partial charge in [0.25, 0.3) is 0 Å². The molecule has 108 valence electrons. The highest BCUT2D eigenvalue weighted by Crippen LogP contribution is 2.20. The predicted molar refractivity (Wildman–Crippen MR) is 94.2 cm³/mol. The molecule has 0 saturated carbocycles. The van der Waals surface area contributed by atoms with Crippen LogP contribution in [0.4, 0.5) is 5.69 Å². The molecule has 5 heteroatoms. The van der Waals surface area contributed by atoms with Crippen LogP contribution in [-0.4, -0.2) is 22.3 Å². The Hall–Kier alpha value is -1.46. The molecule has 3 rings (SSSR count). The highest BCUT2D eigenvalue weighted by atomic mass is 79.9. The third kappa shape index (κ3) is 3.80. The second kappa shape index (κ2) is 6.54. The first kappa shape index (κ1) is 14.5. The van der Waals surface area contributed by atoms with Gasteiger partial charge >= 0.3 is 0 Å². The average Bonchev–Trinajstić information content (AvgIpc) is 2.87. The molecule has 21 heavy (non-hydrogen) atoms. The number of aromatic nitrogens is 2. The summed E-state index contributed by atoms with van der Waals surface area (Å²) in [6, 6.07) is 14.5. The minimum absolute atomic E-state index is 0.905. The molecule has 0 spiro atoms. The number of benzene rings is 2. The summed E-state index contributed by atoms with van der Waals surface area (Å²) in [5.41, 5.74) is 4.53. The van der Waals surface area contributed by atoms with Crippen LogP contribution in [0.15, 0.2) is 52.1 Å². The molecule has 0 amide bonds. The van der Waals surface area contributed by atoms with Crippen LogP contribution in [-0.2, 0) is 0 Å². The Balaban J connectivity index is 1.53. The van der Waals surface area contributed by atoms with Gasteiger partial charge in [-0.05, 0) is 48.9 Å². The standard InChI is InChI=1S/C16H16BrN3S/c1-11-2-7-14-15(10-11)20-16(19-14)21-9-8-18-13-5-3-12(17)4-6-13/h2-7,10,18H,8-9H2,1H3,(H,19,20). The summed E-state index contributed by atoms with van der Waals surface area (Å²) in [7, 11) is 0. The highest BCUT2D eigenvalue weighted by molar-refractivity contribution is 9.10. The second-order valence-electron chi connectivity index (χ2n) is 4.84. The molecule has 0 bridgehead atoms. The van der Waals surface area contributed by atoms with Crippen molar-refractivity contribution < 1.29 is 0 Å². The van der Waals surface area contributed by atoms with Gasteiger partial charge in [-0.3, -0.25) is 0 Å². The van der Waals surface area contributed by atoms with E-state index < -0.39 is 0 Å². The van der Waals surface area contributed by atoms with Gasteiger partial charge in [-0.15, -0.1) is 0 Å². The number of H-pyrrole nitrogens is 1. The topological polar surface area (TPSA) is 40.7 Å². The van der Waals surface area contributed by atoms with Gasteiger partial charge in [0, 0.05) is 22.5 Å². The number of halogens is 1. The first-order valence-electron chi connectivity index (χ1n) is 6.79. The molecule has 0 unspecified atom stereocenters. The quantitative estimate of drug-likeness (QED) is 0.504. The van der Waals surface area contributed by atoms with Crippen molar-refractivity contribution >= 4 is 44.4 Å². The fourth-order valence-electron chi connectivity index (χ4n) is 2.08. The van der Waals surface area contributed by atoms with E-state index >= 15 is 0 Å². The van der Waals surface area contributed by atoms with E-state index in [-0.39, 0.29) is 0 Å². The molecule has 3 nitrogen and oxygen atoms in total. The molecule has 3 aromatic rings. The van der Waals surface area contributed by atoms with Gasteiger partial charge < -0.3 is 10.3 Å². The molecule has 0 atom stereocenters. The van der Waals surface area contributed by atoms with E-state index in [9.17, 15) is 0 Å². The first-order chi connectivity index (χ1) is 10.2. The third-order valence-electron chi connectivity index (χ3n) is 3.13. The Labute approximate surface area is 136 Å². The van der Waals surface area contributed by atoms with E-state index in [0.29, 0.717) is 0 Å². The van der Waals surface area contributed by atoms with Gasteiger partial charge in [-0.25, -0.2) is 4.98 Å². The number of aromatic amines is 1. The van der Waals surface area contributed by atoms with Crippen molar-refractivity contribution in [1.82, 2.24) is 9.97 Å². The number of anilines is 1. The zero-order valence-electron chi connectivity index (χ0n) is 11.7. The molecule has 1 aromatic heterocycles. The van der Waals surface area contributed by atoms with Crippen molar-refractivity contribution in [1.29, 1.82) is 0 Å². The van der Waals surface area contributed by atoms with Crippen LogP contribution >= 0.6 is 27.7 Å². The number of rotatable bonds is 5. The Morgan fingerprint density at radius 1 is 1.19 bits per heavy atom. The van der Waals surface area contributed by atoms with Crippen molar-refractivity contribution in [3.05, 3.63) is 52.5 Å². The maximum Gasteiger partial charge on any atom is 0.166 e. The van der Waals surface area contributed by atoms with Crippen LogP contribution in [0.1, 0.15) is 5.56 Å². The molecule has 2 N–H and O–H groups in total. The summed E-state index contributed by atoms with van der Waals surface area (Å²) in [5.74, 6) is 0.967. The minimum Gasteiger partial charge on any atom is -0.384 e. The van der Waals surface area contributed by atoms with Crippen LogP contribution in [0.5, 0.6) is 0 Å². The lowest BCUT2D eigenvalue weighted by Gasteiger charge is -2.05. The molecule has 0 radical (unpaired) electrons. The smallest absolute Gasteiger partial charge is 0.166 e. The number of nitrogens with zero attached hydrogens (tertiary/aromatic N) is 1. The maximum atomic E-state index is 4.58. The number of nitrogens with one attached hydrogen (secondary N) is 2. The van der Waals surface area contributed by atoms with Gasteiger partial charge in [0.15, 0.2) is 5.16 Å². The van der Waals surface area contributed by atoms with Crippen LogP contribution in [0.2, 0.25) is 0 Å². The van der Waals surface area contributed by atoms with Gasteiger partial charge in [-0.2, -0.15) is 0 Å². The number of thioether (sulfide) groups is 1. The van der Waals surface area contributed by atoms with Crippen LogP contribution in [0.3, 0.4) is 0 Å². The normalized spacial score (nSPS) is 11.0. The van der Waals surface area contributed by atoms with Crippen LogP contribution in [0.25, 0.3) is 11.0 Å². The third-order valence-corrected chi connectivity index (χ3v) is 4.53. The number of fused-ring (bicyclic) bond motifs is 1. The molecule has 0 aliphatic carbocycles. The van der Waals surface area contributed by atoms with E-state index in [2.05, 4.69) is 68.5 Å². The molecule has 0 aliphatic rings. The number of hydrogen-bond donors (Lipinski definition) is 2. The lowest BCUT2D eigenvalue weighted by Crippen LogP contribution is -2.03. The molecular formula is C16H16BrN3S. The summed E-state index contributed by atoms with van der Waals surface area (Å²) in [4.78, 5) is 7.94. The largest absolute Gasteiger partial charge is 0.384 e. The van der Waals surface area contributed by atoms with E-state index in [1.807, 2.05) is 12.1 Å². The molecule has 0 saturated heterocycles. The molecule has 1 heterocycles. The van der Waals surface area contributed by atoms with E-state index in [0.717, 1.165) is 38.6 Å². The van der Waals surface area contributed by atoms with Crippen molar-refractivity contribution in [3.8, 4) is 0 Å². The molecule has 0 fully saturated rings. The Bertz CT molecular complexity index is 737. The van der Waals surface area contributed by atoms with E-state index in [1.54, 1.807) is 11.8 Å². The molecular weight excluding hydrogens is 346 g/mol. The zero-order chi connectivity index (χ0) is 14.7. The first-order valence-corrected chi connectivity index (χ1v) is 8.57. The van der Waals surface area contributed by atoms with Crippen molar-refractivity contribution in [2.24, 2.45) is 0 Å². The maximum absolute atomic E-state index is 4.58. The second-order valence-corrected chi connectivity index (χ2v) is 6.84. The van der Waals surface area contributed by atoms with Crippen molar-refractivity contribution in [2.45, 2.75) is 12.1 Å². The summed E-state index contributed by atoms with van der Waals surface area (Å²) in [5, 5.41) is 4.38. The predicted octanol–water partition coefficient (Wildman–Crippen LogP) is 4.84. The summed E-state index contributed by atoms with van der Waals surface area (Å²) >= 11 is 5.17. The van der Waals surface area contributed by atoms with Gasteiger partial charge in [0.2, 0.25) is 0 Å². The zero-order valence-corrected chi connectivity index (χ0v) is 14.1. The summed E-state index contributed by atoms with van der Waals surface area (Å²) in [6.45, 7) is 3.00. The van der Waals surface area contributed by atoms with Gasteiger partial charge in [0.05, 0.1) is 11.0 Å². The van der Waals surface area contributed by atoms with Gasteiger partial charge in [0.1, 0.15) is 0 Å². The number of hydrogen-bond acceptors (Lipinski definition) is 3. The van der Waals surface area contributed by atoms with Gasteiger partial charge in [-0.1, -0.05) is 33.8 Å². The minimum atomic E-state index is 0.905. The van der Waals surface area contributed by atoms with E-state index in [4.69, 9.17) is 0 Å². The molecule has 2 aromatic carbocycles. The fourth-order valence-corrected chi connectivity index (χ4v) is 3.09. The Morgan fingerprint density at radius 2 is 2.00 bits per heavy atom. The van der Waals surface area contributed by atoms with E-state index in [1.165, 1.54) is 5.56 Å². The lowest BCUT2D eigenvalue weighted by molar-refractivity contribution is 1.07.